The van der Waals surface area contributed by atoms with E-state index in [9.17, 15) is 19.8 Å². The molecule has 2 unspecified atom stereocenters. The molecule has 2 atom stereocenters. The Bertz CT molecular complexity index is 1010. The van der Waals surface area contributed by atoms with E-state index < -0.39 is 12.1 Å². The van der Waals surface area contributed by atoms with Gasteiger partial charge in [0.1, 0.15) is 0 Å². The zero-order valence-corrected chi connectivity index (χ0v) is 41.4. The van der Waals surface area contributed by atoms with Gasteiger partial charge in [-0.05, 0) is 83.5 Å². The number of carbonyl (C=O) groups is 2. The normalized spacial score (nSPS) is 12.9. The molecule has 0 spiro atoms. The number of unbranched alkanes of at least 4 members (excludes halogenated alkanes) is 35. The lowest BCUT2D eigenvalue weighted by molar-refractivity contribution is -0.143. The van der Waals surface area contributed by atoms with Crippen LogP contribution >= 0.6 is 0 Å². The number of aliphatic hydroxyl groups is 2. The van der Waals surface area contributed by atoms with Gasteiger partial charge in [-0.15, -0.1) is 0 Å². The van der Waals surface area contributed by atoms with Crippen molar-refractivity contribution in [3.05, 3.63) is 36.5 Å². The van der Waals surface area contributed by atoms with Crippen LogP contribution in [0.4, 0.5) is 0 Å². The van der Waals surface area contributed by atoms with Gasteiger partial charge in [0.25, 0.3) is 0 Å². The molecule has 0 aliphatic heterocycles. The van der Waals surface area contributed by atoms with Crippen molar-refractivity contribution in [3.63, 3.8) is 0 Å². The third-order valence-corrected chi connectivity index (χ3v) is 12.4. The molecule has 6 nitrogen and oxygen atoms in total. The minimum Gasteiger partial charge on any atom is -0.466 e. The van der Waals surface area contributed by atoms with Crippen LogP contribution in [0.15, 0.2) is 36.5 Å². The molecule has 0 saturated heterocycles. The highest BCUT2D eigenvalue weighted by molar-refractivity contribution is 5.76. The Morgan fingerprint density at radius 1 is 0.435 bits per heavy atom. The summed E-state index contributed by atoms with van der Waals surface area (Å²) < 4.78 is 5.42. The Hall–Kier alpha value is -1.92. The van der Waals surface area contributed by atoms with Crippen molar-refractivity contribution in [2.45, 2.75) is 296 Å². The fraction of sp³-hybridized carbons (Fsp3) is 0.857. The fourth-order valence-electron chi connectivity index (χ4n) is 8.15. The number of ether oxygens (including phenoxy) is 1. The van der Waals surface area contributed by atoms with Gasteiger partial charge in [0.15, 0.2) is 0 Å². The highest BCUT2D eigenvalue weighted by Crippen LogP contribution is 2.16. The molecular formula is C56H105NO5. The van der Waals surface area contributed by atoms with Crippen LogP contribution in [0.2, 0.25) is 0 Å². The highest BCUT2D eigenvalue weighted by atomic mass is 16.5. The predicted molar refractivity (Wildman–Crippen MR) is 269 cm³/mol. The van der Waals surface area contributed by atoms with Crippen LogP contribution in [0.25, 0.3) is 0 Å². The summed E-state index contributed by atoms with van der Waals surface area (Å²) in [4.78, 5) is 24.5. The Morgan fingerprint density at radius 2 is 0.758 bits per heavy atom. The van der Waals surface area contributed by atoms with E-state index in [1.165, 1.54) is 173 Å². The van der Waals surface area contributed by atoms with Crippen LogP contribution in [-0.2, 0) is 14.3 Å². The summed E-state index contributed by atoms with van der Waals surface area (Å²) in [6.45, 7) is 4.81. The standard InChI is InChI=1S/C56H105NO5/c1-3-5-7-9-11-13-15-17-18-19-20-21-22-23-24-26-28-32-36-40-44-48-54(59)53(52-58)57-55(60)49-45-41-37-33-29-27-31-35-39-43-47-51-62-56(61)50-46-42-38-34-30-25-16-14-12-10-8-6-4-2/h14,16,31,35,44,48,53-54,58-59H,3-13,15,17-30,32-34,36-43,45-47,49-52H2,1-2H3,(H,57,60)/b16-14-,35-31-,48-44+. The molecule has 0 heterocycles. The quantitative estimate of drug-likeness (QED) is 0.0321. The molecule has 3 N–H and O–H groups in total. The van der Waals surface area contributed by atoms with Crippen LogP contribution in [-0.4, -0.2) is 47.4 Å². The Balaban J connectivity index is 3.56. The molecule has 0 rings (SSSR count). The summed E-state index contributed by atoms with van der Waals surface area (Å²) in [6.07, 6.45) is 63.0. The molecule has 0 fully saturated rings. The van der Waals surface area contributed by atoms with E-state index in [1.54, 1.807) is 6.08 Å². The van der Waals surface area contributed by atoms with E-state index >= 15 is 0 Å². The molecule has 0 bridgehead atoms. The second-order valence-electron chi connectivity index (χ2n) is 18.5. The number of hydrogen-bond acceptors (Lipinski definition) is 5. The third-order valence-electron chi connectivity index (χ3n) is 12.4. The summed E-state index contributed by atoms with van der Waals surface area (Å²) in [5, 5.41) is 23.1. The smallest absolute Gasteiger partial charge is 0.305 e. The Morgan fingerprint density at radius 3 is 1.16 bits per heavy atom. The molecule has 62 heavy (non-hydrogen) atoms. The molecular weight excluding hydrogens is 767 g/mol. The van der Waals surface area contributed by atoms with E-state index in [-0.39, 0.29) is 18.5 Å². The van der Waals surface area contributed by atoms with Gasteiger partial charge >= 0.3 is 5.97 Å². The number of esters is 1. The number of aliphatic hydroxyl groups excluding tert-OH is 2. The van der Waals surface area contributed by atoms with E-state index in [0.717, 1.165) is 83.5 Å². The number of nitrogens with one attached hydrogen (secondary N) is 1. The number of amides is 1. The van der Waals surface area contributed by atoms with Crippen LogP contribution in [0.5, 0.6) is 0 Å². The monoisotopic (exact) mass is 872 g/mol. The molecule has 0 radical (unpaired) electrons. The van der Waals surface area contributed by atoms with Gasteiger partial charge < -0.3 is 20.3 Å². The fourth-order valence-corrected chi connectivity index (χ4v) is 8.15. The molecule has 364 valence electrons. The van der Waals surface area contributed by atoms with Crippen molar-refractivity contribution in [1.82, 2.24) is 5.32 Å². The Labute approximate surface area is 385 Å². The maximum atomic E-state index is 12.5. The molecule has 0 aliphatic carbocycles. The average Bonchev–Trinajstić information content (AvgIpc) is 3.27. The van der Waals surface area contributed by atoms with E-state index in [2.05, 4.69) is 43.5 Å². The van der Waals surface area contributed by atoms with Gasteiger partial charge in [0, 0.05) is 12.8 Å². The molecule has 1 amide bonds. The number of hydrogen-bond donors (Lipinski definition) is 3. The number of rotatable bonds is 50. The highest BCUT2D eigenvalue weighted by Gasteiger charge is 2.18. The van der Waals surface area contributed by atoms with E-state index in [4.69, 9.17) is 4.74 Å². The van der Waals surface area contributed by atoms with Gasteiger partial charge in [-0.3, -0.25) is 9.59 Å². The molecule has 6 heteroatoms. The summed E-state index contributed by atoms with van der Waals surface area (Å²) in [5.41, 5.74) is 0. The number of allylic oxidation sites excluding steroid dienone is 5. The van der Waals surface area contributed by atoms with Crippen LogP contribution in [0.1, 0.15) is 284 Å². The first-order chi connectivity index (χ1) is 30.5. The van der Waals surface area contributed by atoms with Crippen molar-refractivity contribution in [1.29, 1.82) is 0 Å². The molecule has 0 aliphatic rings. The van der Waals surface area contributed by atoms with Crippen LogP contribution < -0.4 is 5.32 Å². The summed E-state index contributed by atoms with van der Waals surface area (Å²) in [6, 6.07) is -0.650. The van der Waals surface area contributed by atoms with Gasteiger partial charge in [0.05, 0.1) is 25.4 Å². The summed E-state index contributed by atoms with van der Waals surface area (Å²) >= 11 is 0. The van der Waals surface area contributed by atoms with Gasteiger partial charge in [-0.1, -0.05) is 224 Å². The van der Waals surface area contributed by atoms with Crippen molar-refractivity contribution >= 4 is 11.9 Å². The first-order valence-electron chi connectivity index (χ1n) is 27.3. The summed E-state index contributed by atoms with van der Waals surface area (Å²) in [7, 11) is 0. The van der Waals surface area contributed by atoms with Crippen molar-refractivity contribution in [3.8, 4) is 0 Å². The third kappa shape index (κ3) is 47.6. The second kappa shape index (κ2) is 51.7. The lowest BCUT2D eigenvalue weighted by Gasteiger charge is -2.20. The molecule has 0 saturated carbocycles. The summed E-state index contributed by atoms with van der Waals surface area (Å²) in [5.74, 6) is -0.139. The topological polar surface area (TPSA) is 95.9 Å². The predicted octanol–water partition coefficient (Wildman–Crippen LogP) is 16.5. The first kappa shape index (κ1) is 60.1. The van der Waals surface area contributed by atoms with Crippen molar-refractivity contribution < 1.29 is 24.5 Å². The van der Waals surface area contributed by atoms with E-state index in [1.807, 2.05) is 6.08 Å². The van der Waals surface area contributed by atoms with Crippen LogP contribution in [0, 0.1) is 0 Å². The second-order valence-corrected chi connectivity index (χ2v) is 18.5. The Kier molecular flexibility index (Phi) is 50.1. The lowest BCUT2D eigenvalue weighted by atomic mass is 10.0. The molecule has 0 aromatic heterocycles. The average molecular weight is 872 g/mol. The SMILES string of the molecule is CCCCCC/C=C\CCCCCCCC(=O)OCCCC/C=C\CCCCCCCC(=O)NC(CO)C(O)/C=C/CCCCCCCCCCCCCCCCCCCCC. The number of carbonyl (C=O) groups excluding carboxylic acids is 2. The zero-order valence-electron chi connectivity index (χ0n) is 41.4. The zero-order chi connectivity index (χ0) is 45.1. The largest absolute Gasteiger partial charge is 0.466 e. The van der Waals surface area contributed by atoms with Gasteiger partial charge in [-0.25, -0.2) is 0 Å². The molecule has 0 aromatic carbocycles. The van der Waals surface area contributed by atoms with Crippen LogP contribution in [0.3, 0.4) is 0 Å². The molecule has 0 aromatic rings. The van der Waals surface area contributed by atoms with Crippen molar-refractivity contribution in [2.24, 2.45) is 0 Å². The minimum atomic E-state index is -0.864. The maximum absolute atomic E-state index is 12.5. The van der Waals surface area contributed by atoms with Gasteiger partial charge in [0.2, 0.25) is 5.91 Å². The van der Waals surface area contributed by atoms with Crippen molar-refractivity contribution in [2.75, 3.05) is 13.2 Å². The maximum Gasteiger partial charge on any atom is 0.305 e. The van der Waals surface area contributed by atoms with Gasteiger partial charge in [-0.2, -0.15) is 0 Å². The van der Waals surface area contributed by atoms with E-state index in [0.29, 0.717) is 19.4 Å². The first-order valence-corrected chi connectivity index (χ1v) is 27.3. The lowest BCUT2D eigenvalue weighted by Crippen LogP contribution is -2.45. The minimum absolute atomic E-state index is 0.0423.